The third-order valence-corrected chi connectivity index (χ3v) is 6.18. The Labute approximate surface area is 209 Å². The Morgan fingerprint density at radius 1 is 0.971 bits per heavy atom. The van der Waals surface area contributed by atoms with E-state index < -0.39 is 23.8 Å². The van der Waals surface area contributed by atoms with Crippen LogP contribution in [0.25, 0.3) is 16.5 Å². The number of nitrogens with one attached hydrogen (secondary N) is 1. The first-order valence-corrected chi connectivity index (χ1v) is 11.4. The lowest BCUT2D eigenvalue weighted by molar-refractivity contribution is -0.134. The smallest absolute Gasteiger partial charge is 0.348 e. The van der Waals surface area contributed by atoms with Crippen LogP contribution in [0, 0.1) is 6.92 Å². The van der Waals surface area contributed by atoms with E-state index in [1.165, 1.54) is 38.1 Å². The number of hydrogen-bond donors (Lipinski definition) is 2. The van der Waals surface area contributed by atoms with E-state index in [2.05, 4.69) is 5.32 Å². The van der Waals surface area contributed by atoms with Gasteiger partial charge >= 0.3 is 17.9 Å². The number of amides is 1. The summed E-state index contributed by atoms with van der Waals surface area (Å²) in [7, 11) is 0. The number of aromatic carboxylic acids is 1. The first kappa shape index (κ1) is 25.7. The second kappa shape index (κ2) is 11.0. The van der Waals surface area contributed by atoms with Crippen LogP contribution >= 0.6 is 22.9 Å². The van der Waals surface area contributed by atoms with Crippen molar-refractivity contribution < 1.29 is 33.8 Å². The molecule has 0 fully saturated rings. The minimum absolute atomic E-state index is 0.00270. The lowest BCUT2D eigenvalue weighted by atomic mass is 10.1. The number of ether oxygens (including phenoxy) is 2. The third-order valence-electron chi connectivity index (χ3n) is 4.60. The molecule has 0 aliphatic heterocycles. The molecule has 35 heavy (non-hydrogen) atoms. The second-order valence-corrected chi connectivity index (χ2v) is 8.75. The Morgan fingerprint density at radius 2 is 1.60 bits per heavy atom. The van der Waals surface area contributed by atoms with Gasteiger partial charge in [-0.05, 0) is 54.0 Å². The molecule has 0 spiro atoms. The van der Waals surface area contributed by atoms with Crippen LogP contribution in [0.3, 0.4) is 0 Å². The Kier molecular flexibility index (Phi) is 8.06. The van der Waals surface area contributed by atoms with Gasteiger partial charge in [-0.15, -0.1) is 11.3 Å². The largest absolute Gasteiger partial charge is 0.477 e. The fourth-order valence-electron chi connectivity index (χ4n) is 3.13. The number of hydrogen-bond acceptors (Lipinski definition) is 7. The highest BCUT2D eigenvalue weighted by molar-refractivity contribution is 7.18. The number of carboxylic acid groups (broad SMARTS) is 1. The predicted molar refractivity (Wildman–Crippen MR) is 133 cm³/mol. The summed E-state index contributed by atoms with van der Waals surface area (Å²) in [5.74, 6) is -2.84. The average molecular weight is 514 g/mol. The highest BCUT2D eigenvalue weighted by Crippen LogP contribution is 2.40. The summed E-state index contributed by atoms with van der Waals surface area (Å²) in [6, 6.07) is 11.4. The number of esters is 2. The first-order chi connectivity index (χ1) is 16.5. The van der Waals surface area contributed by atoms with Crippen molar-refractivity contribution in [2.45, 2.75) is 20.8 Å². The van der Waals surface area contributed by atoms with Crippen LogP contribution in [-0.4, -0.2) is 28.9 Å². The first-order valence-electron chi connectivity index (χ1n) is 10.2. The van der Waals surface area contributed by atoms with Gasteiger partial charge in [-0.1, -0.05) is 29.8 Å². The Morgan fingerprint density at radius 3 is 2.20 bits per heavy atom. The number of carboxylic acids is 1. The zero-order valence-electron chi connectivity index (χ0n) is 18.9. The van der Waals surface area contributed by atoms with Gasteiger partial charge in [0, 0.05) is 29.8 Å². The van der Waals surface area contributed by atoms with Crippen molar-refractivity contribution in [1.82, 2.24) is 0 Å². The number of thiophene rings is 1. The van der Waals surface area contributed by atoms with E-state index >= 15 is 0 Å². The summed E-state index contributed by atoms with van der Waals surface area (Å²) in [6.45, 7) is 4.15. The summed E-state index contributed by atoms with van der Waals surface area (Å²) in [6.07, 6.45) is 2.66. The number of carbonyl (C=O) groups excluding carboxylic acids is 3. The number of benzene rings is 2. The molecule has 0 radical (unpaired) electrons. The van der Waals surface area contributed by atoms with Gasteiger partial charge < -0.3 is 19.9 Å². The molecule has 0 saturated carbocycles. The monoisotopic (exact) mass is 513 g/mol. The van der Waals surface area contributed by atoms with E-state index in [1.54, 1.807) is 37.3 Å². The van der Waals surface area contributed by atoms with Crippen LogP contribution in [0.4, 0.5) is 5.69 Å². The van der Waals surface area contributed by atoms with Gasteiger partial charge in [0.05, 0.1) is 5.69 Å². The highest BCUT2D eigenvalue weighted by Gasteiger charge is 2.22. The molecular weight excluding hydrogens is 494 g/mol. The molecule has 0 bridgehead atoms. The van der Waals surface area contributed by atoms with Gasteiger partial charge in [0.1, 0.15) is 4.88 Å². The van der Waals surface area contributed by atoms with Crippen molar-refractivity contribution in [2.24, 2.45) is 0 Å². The Bertz CT molecular complexity index is 1340. The maximum atomic E-state index is 12.6. The number of carbonyl (C=O) groups is 4. The summed E-state index contributed by atoms with van der Waals surface area (Å²) >= 11 is 7.00. The van der Waals surface area contributed by atoms with E-state index in [0.717, 1.165) is 16.9 Å². The molecule has 0 unspecified atom stereocenters. The maximum Gasteiger partial charge on any atom is 0.348 e. The van der Waals surface area contributed by atoms with E-state index in [-0.39, 0.29) is 22.1 Å². The van der Waals surface area contributed by atoms with E-state index in [0.29, 0.717) is 21.0 Å². The van der Waals surface area contributed by atoms with E-state index in [4.69, 9.17) is 21.1 Å². The summed E-state index contributed by atoms with van der Waals surface area (Å²) in [4.78, 5) is 47.8. The van der Waals surface area contributed by atoms with Crippen LogP contribution in [-0.2, 0) is 14.4 Å². The molecule has 0 saturated heterocycles. The van der Waals surface area contributed by atoms with E-state index in [1.807, 2.05) is 0 Å². The van der Waals surface area contributed by atoms with Crippen LogP contribution in [0.5, 0.6) is 11.5 Å². The zero-order valence-corrected chi connectivity index (χ0v) is 20.5. The minimum Gasteiger partial charge on any atom is -0.477 e. The molecule has 3 aromatic rings. The predicted octanol–water partition coefficient (Wildman–Crippen LogP) is 5.58. The Balaban J connectivity index is 1.86. The van der Waals surface area contributed by atoms with Gasteiger partial charge in [-0.2, -0.15) is 0 Å². The number of halogens is 1. The summed E-state index contributed by atoms with van der Waals surface area (Å²) in [5.41, 5.74) is 2.07. The van der Waals surface area contributed by atoms with Crippen molar-refractivity contribution in [1.29, 1.82) is 0 Å². The molecule has 1 heterocycles. The lowest BCUT2D eigenvalue weighted by Crippen LogP contribution is -2.11. The molecule has 1 amide bonds. The zero-order chi connectivity index (χ0) is 25.7. The number of rotatable bonds is 7. The van der Waals surface area contributed by atoms with Crippen molar-refractivity contribution >= 4 is 58.5 Å². The second-order valence-electron chi connectivity index (χ2n) is 7.29. The molecule has 0 aliphatic carbocycles. The fraction of sp³-hybridized carbons (Fsp3) is 0.120. The molecule has 0 atom stereocenters. The van der Waals surface area contributed by atoms with Crippen molar-refractivity contribution in [2.75, 3.05) is 5.32 Å². The average Bonchev–Trinajstić information content (AvgIpc) is 3.10. The maximum absolute atomic E-state index is 12.6. The fourth-order valence-corrected chi connectivity index (χ4v) is 4.36. The Hall–Kier alpha value is -3.95. The quantitative estimate of drug-likeness (QED) is 0.240. The normalized spacial score (nSPS) is 10.7. The molecule has 2 N–H and O–H groups in total. The van der Waals surface area contributed by atoms with Gasteiger partial charge in [0.2, 0.25) is 5.91 Å². The van der Waals surface area contributed by atoms with E-state index in [9.17, 15) is 24.3 Å². The highest BCUT2D eigenvalue weighted by atomic mass is 35.5. The topological polar surface area (TPSA) is 119 Å². The van der Waals surface area contributed by atoms with Gasteiger partial charge in [-0.3, -0.25) is 14.4 Å². The van der Waals surface area contributed by atoms with Gasteiger partial charge in [0.15, 0.2) is 11.5 Å². The minimum atomic E-state index is -1.16. The summed E-state index contributed by atoms with van der Waals surface area (Å²) < 4.78 is 10.1. The van der Waals surface area contributed by atoms with Gasteiger partial charge in [-0.25, -0.2) is 4.79 Å². The molecule has 10 heteroatoms. The SMILES string of the molecule is CC(=O)Oc1ccc(/C=C/C(=O)Nc2c(C(=O)O)sc(-c3ccc(Cl)cc3)c2C)cc1OC(C)=O. The third kappa shape index (κ3) is 6.56. The van der Waals surface area contributed by atoms with Crippen molar-refractivity contribution in [3.63, 3.8) is 0 Å². The lowest BCUT2D eigenvalue weighted by Gasteiger charge is -2.09. The molecule has 3 rings (SSSR count). The molecule has 180 valence electrons. The molecule has 1 aromatic heterocycles. The summed E-state index contributed by atoms with van der Waals surface area (Å²) in [5, 5.41) is 12.8. The van der Waals surface area contributed by atoms with Crippen LogP contribution in [0.2, 0.25) is 5.02 Å². The molecule has 0 aliphatic rings. The van der Waals surface area contributed by atoms with Gasteiger partial charge in [0.25, 0.3) is 0 Å². The molecule has 2 aromatic carbocycles. The standard InChI is InChI=1S/C25H20ClNO7S/c1-13-22(24(25(31)32)35-23(13)17-6-8-18(26)9-7-17)27-21(30)11-5-16-4-10-19(33-14(2)28)20(12-16)34-15(3)29/h4-12H,1-3H3,(H,27,30)(H,31,32)/b11-5+. The van der Waals surface area contributed by atoms with Crippen LogP contribution in [0.15, 0.2) is 48.5 Å². The van der Waals surface area contributed by atoms with Crippen LogP contribution < -0.4 is 14.8 Å². The van der Waals surface area contributed by atoms with Crippen molar-refractivity contribution in [3.8, 4) is 21.9 Å². The molecular formula is C25H20ClNO7S. The van der Waals surface area contributed by atoms with Crippen molar-refractivity contribution in [3.05, 3.63) is 69.6 Å². The molecule has 8 nitrogen and oxygen atoms in total. The van der Waals surface area contributed by atoms with Crippen LogP contribution in [0.1, 0.15) is 34.6 Å². The number of anilines is 1.